The first kappa shape index (κ1) is 37.3. The van der Waals surface area contributed by atoms with Crippen LogP contribution >= 0.6 is 63.7 Å². The van der Waals surface area contributed by atoms with Crippen LogP contribution in [0.2, 0.25) is 0 Å². The van der Waals surface area contributed by atoms with Crippen molar-refractivity contribution in [1.29, 1.82) is 0 Å². The van der Waals surface area contributed by atoms with Gasteiger partial charge in [0.05, 0.1) is 33.6 Å². The maximum Gasteiger partial charge on any atom is 0.338 e. The molecule has 1 N–H and O–H groups in total. The van der Waals surface area contributed by atoms with Gasteiger partial charge in [0, 0.05) is 16.5 Å². The zero-order valence-corrected chi connectivity index (χ0v) is 33.8. The third-order valence-electron chi connectivity index (χ3n) is 9.79. The molecule has 11 heteroatoms. The van der Waals surface area contributed by atoms with Crippen LogP contribution in [0.15, 0.2) is 75.7 Å². The Kier molecular flexibility index (Phi) is 12.6. The summed E-state index contributed by atoms with van der Waals surface area (Å²) in [5, 5.41) is 11.2. The van der Waals surface area contributed by atoms with Gasteiger partial charge in [0.1, 0.15) is 14.7 Å². The Morgan fingerprint density at radius 3 is 2.10 bits per heavy atom. The average molecular weight is 938 g/mol. The Morgan fingerprint density at radius 1 is 0.780 bits per heavy atom. The lowest BCUT2D eigenvalue weighted by Gasteiger charge is -2.19. The number of phenols is 1. The summed E-state index contributed by atoms with van der Waals surface area (Å²) in [6.07, 6.45) is 16.0. The van der Waals surface area contributed by atoms with E-state index in [1.54, 1.807) is 24.3 Å². The van der Waals surface area contributed by atoms with Gasteiger partial charge in [0.15, 0.2) is 11.3 Å². The number of fused-ring (bicyclic) bond motifs is 4. The molecule has 0 spiro atoms. The van der Waals surface area contributed by atoms with E-state index in [0.29, 0.717) is 71.7 Å². The lowest BCUT2D eigenvalue weighted by molar-refractivity contribution is -0.149. The lowest BCUT2D eigenvalue weighted by atomic mass is 9.91. The van der Waals surface area contributed by atoms with Gasteiger partial charge in [-0.15, -0.1) is 0 Å². The SMILES string of the molecule is O=C(OCCCCCCCCCCCOC(=O)C1CC2C=CC1C2)c1ccccc1-c1c2cc(Br)c(=O)c(Br)c-2oc2c(Br)c(O)c(Br)cc12. The zero-order chi connectivity index (χ0) is 35.4. The highest BCUT2D eigenvalue weighted by atomic mass is 79.9. The smallest absolute Gasteiger partial charge is 0.338 e. The predicted octanol–water partition coefficient (Wildman–Crippen LogP) is 11.7. The minimum absolute atomic E-state index is 0.00292. The highest BCUT2D eigenvalue weighted by Gasteiger charge is 2.40. The first-order valence-electron chi connectivity index (χ1n) is 17.2. The van der Waals surface area contributed by atoms with Crippen LogP contribution in [0.1, 0.15) is 81.0 Å². The fourth-order valence-corrected chi connectivity index (χ4v) is 9.58. The van der Waals surface area contributed by atoms with Gasteiger partial charge in [-0.05, 0) is 125 Å². The fraction of sp³-hybridized carbons (Fsp3) is 0.410. The number of halogens is 4. The van der Waals surface area contributed by atoms with Gasteiger partial charge in [-0.2, -0.15) is 0 Å². The van der Waals surface area contributed by atoms with Crippen molar-refractivity contribution in [3.8, 4) is 28.2 Å². The number of hydrogen-bond acceptors (Lipinski definition) is 7. The van der Waals surface area contributed by atoms with Gasteiger partial charge in [-0.1, -0.05) is 75.3 Å². The van der Waals surface area contributed by atoms with E-state index < -0.39 is 5.97 Å². The molecule has 0 amide bonds. The minimum Gasteiger partial charge on any atom is -0.505 e. The molecule has 2 aromatic carbocycles. The van der Waals surface area contributed by atoms with E-state index in [4.69, 9.17) is 13.9 Å². The van der Waals surface area contributed by atoms with Gasteiger partial charge in [-0.3, -0.25) is 9.59 Å². The number of allylic oxidation sites excluding steroid dienone is 2. The summed E-state index contributed by atoms with van der Waals surface area (Å²) in [6.45, 7) is 0.851. The second-order valence-electron chi connectivity index (χ2n) is 13.2. The molecule has 1 saturated carbocycles. The van der Waals surface area contributed by atoms with E-state index in [1.807, 2.05) is 12.1 Å². The molecule has 2 bridgehead atoms. The Morgan fingerprint density at radius 2 is 1.44 bits per heavy atom. The number of rotatable bonds is 15. The van der Waals surface area contributed by atoms with Crippen molar-refractivity contribution in [3.63, 3.8) is 0 Å². The lowest BCUT2D eigenvalue weighted by Crippen LogP contribution is -2.21. The van der Waals surface area contributed by atoms with Crippen LogP contribution < -0.4 is 5.43 Å². The predicted molar refractivity (Wildman–Crippen MR) is 209 cm³/mol. The molecule has 1 heterocycles. The second-order valence-corrected chi connectivity index (χ2v) is 16.5. The number of carbonyl (C=O) groups is 2. The molecular weight excluding hydrogens is 900 g/mol. The van der Waals surface area contributed by atoms with E-state index in [1.165, 1.54) is 12.8 Å². The van der Waals surface area contributed by atoms with Crippen molar-refractivity contribution in [2.45, 2.75) is 70.6 Å². The fourth-order valence-electron chi connectivity index (χ4n) is 7.18. The van der Waals surface area contributed by atoms with E-state index in [0.717, 1.165) is 57.8 Å². The number of ether oxygens (including phenoxy) is 2. The van der Waals surface area contributed by atoms with E-state index in [-0.39, 0.29) is 33.3 Å². The Bertz CT molecular complexity index is 1950. The molecule has 3 atom stereocenters. The van der Waals surface area contributed by atoms with E-state index >= 15 is 0 Å². The Hall–Kier alpha value is -2.47. The van der Waals surface area contributed by atoms with Crippen LogP contribution in [0.4, 0.5) is 0 Å². The van der Waals surface area contributed by atoms with Crippen molar-refractivity contribution in [1.82, 2.24) is 0 Å². The summed E-state index contributed by atoms with van der Waals surface area (Å²) in [6, 6.07) is 10.6. The van der Waals surface area contributed by atoms with E-state index in [2.05, 4.69) is 75.9 Å². The quantitative estimate of drug-likeness (QED) is 0.0548. The number of aromatic hydroxyl groups is 1. The van der Waals surface area contributed by atoms with Crippen LogP contribution in [0.25, 0.3) is 33.4 Å². The molecule has 7 nitrogen and oxygen atoms in total. The monoisotopic (exact) mass is 934 g/mol. The highest BCUT2D eigenvalue weighted by molar-refractivity contribution is 9.11. The van der Waals surface area contributed by atoms with Gasteiger partial charge in [-0.25, -0.2) is 4.79 Å². The number of hydrogen-bond donors (Lipinski definition) is 1. The van der Waals surface area contributed by atoms with Gasteiger partial charge in [0.2, 0.25) is 5.43 Å². The van der Waals surface area contributed by atoms with Crippen LogP contribution in [0, 0.1) is 17.8 Å². The standard InChI is InChI=1S/C39H38Br4O7/c40-29-20-27-31(28-21-30(41)35(45)33(43)37(28)50-36(27)32(42)34(29)44)24-12-8-9-13-25(24)38(46)48-16-10-6-4-2-1-3-5-7-11-17-49-39(47)26-19-22-14-15-23(26)18-22/h8-9,12-15,20-23,26,44H,1-7,10-11,16-19H2. The molecule has 3 unspecified atom stereocenters. The number of benzene rings is 3. The second kappa shape index (κ2) is 16.9. The summed E-state index contributed by atoms with van der Waals surface area (Å²) < 4.78 is 18.8. The topological polar surface area (TPSA) is 103 Å². The van der Waals surface area contributed by atoms with Crippen LogP contribution in [-0.4, -0.2) is 30.3 Å². The average Bonchev–Trinajstić information content (AvgIpc) is 3.76. The third-order valence-corrected chi connectivity index (χ3v) is 12.4. The first-order chi connectivity index (χ1) is 24.2. The van der Waals surface area contributed by atoms with E-state index in [9.17, 15) is 19.5 Å². The van der Waals surface area contributed by atoms with Gasteiger partial charge < -0.3 is 19.0 Å². The molecule has 0 saturated heterocycles. The molecule has 0 aromatic heterocycles. The van der Waals surface area contributed by atoms with Crippen molar-refractivity contribution >= 4 is 86.6 Å². The molecule has 6 rings (SSSR count). The molecule has 264 valence electrons. The van der Waals surface area contributed by atoms with Crippen LogP contribution in [0.5, 0.6) is 5.75 Å². The van der Waals surface area contributed by atoms with Crippen LogP contribution in [0.3, 0.4) is 0 Å². The summed E-state index contributed by atoms with van der Waals surface area (Å²) in [5.74, 6) is 0.875. The molecule has 1 aliphatic heterocycles. The third kappa shape index (κ3) is 8.11. The summed E-state index contributed by atoms with van der Waals surface area (Å²) in [4.78, 5) is 38.6. The number of esters is 2. The summed E-state index contributed by atoms with van der Waals surface area (Å²) in [5.41, 5.74) is 2.30. The number of carbonyl (C=O) groups excluding carboxylic acids is 2. The number of unbranched alkanes of at least 4 members (excludes halogenated alkanes) is 8. The molecular formula is C39H38Br4O7. The maximum atomic E-state index is 13.5. The first-order valence-corrected chi connectivity index (χ1v) is 20.4. The summed E-state index contributed by atoms with van der Waals surface area (Å²) >= 11 is 13.6. The molecule has 4 aliphatic rings. The highest BCUT2D eigenvalue weighted by Crippen LogP contribution is 2.49. The van der Waals surface area contributed by atoms with Crippen LogP contribution in [-0.2, 0) is 14.3 Å². The largest absolute Gasteiger partial charge is 0.505 e. The molecule has 0 radical (unpaired) electrons. The van der Waals surface area contributed by atoms with Gasteiger partial charge in [0.25, 0.3) is 0 Å². The molecule has 50 heavy (non-hydrogen) atoms. The van der Waals surface area contributed by atoms with Crippen molar-refractivity contribution < 1.29 is 28.6 Å². The molecule has 1 fully saturated rings. The maximum absolute atomic E-state index is 13.5. The van der Waals surface area contributed by atoms with Gasteiger partial charge >= 0.3 is 11.9 Å². The Balaban J connectivity index is 0.983. The van der Waals surface area contributed by atoms with Crippen molar-refractivity contribution in [2.75, 3.05) is 13.2 Å². The summed E-state index contributed by atoms with van der Waals surface area (Å²) in [7, 11) is 0. The minimum atomic E-state index is -0.434. The van der Waals surface area contributed by atoms with Crippen molar-refractivity contribution in [2.24, 2.45) is 17.8 Å². The molecule has 3 aliphatic carbocycles. The van der Waals surface area contributed by atoms with Crippen molar-refractivity contribution in [3.05, 3.63) is 82.2 Å². The normalized spacial score (nSPS) is 18.0. The Labute approximate surface area is 325 Å². The molecule has 2 aromatic rings. The zero-order valence-electron chi connectivity index (χ0n) is 27.5. The number of phenolic OH excluding ortho intramolecular Hbond substituents is 1.